The number of ether oxygens (including phenoxy) is 1. The first-order chi connectivity index (χ1) is 15.0. The van der Waals surface area contributed by atoms with Crippen LogP contribution in [0, 0.1) is 5.92 Å². The van der Waals surface area contributed by atoms with Crippen molar-refractivity contribution < 1.29 is 9.53 Å². The summed E-state index contributed by atoms with van der Waals surface area (Å²) >= 11 is 0. The molecule has 1 aromatic rings. The van der Waals surface area contributed by atoms with Gasteiger partial charge in [0.25, 0.3) is 0 Å². The molecule has 0 radical (unpaired) electrons. The second kappa shape index (κ2) is 8.64. The lowest BCUT2D eigenvalue weighted by atomic mass is 9.82. The minimum Gasteiger partial charge on any atom is -0.368 e. The summed E-state index contributed by atoms with van der Waals surface area (Å²) in [5, 5.41) is 0. The number of rotatable bonds is 2. The van der Waals surface area contributed by atoms with Crippen LogP contribution in [0.25, 0.3) is 0 Å². The zero-order valence-electron chi connectivity index (χ0n) is 18.8. The van der Waals surface area contributed by atoms with E-state index in [4.69, 9.17) is 10.5 Å². The largest absolute Gasteiger partial charge is 0.368 e. The van der Waals surface area contributed by atoms with E-state index in [-0.39, 0.29) is 5.92 Å². The molecule has 8 nitrogen and oxygen atoms in total. The van der Waals surface area contributed by atoms with Gasteiger partial charge in [0.2, 0.25) is 11.9 Å². The third-order valence-electron chi connectivity index (χ3n) is 8.03. The summed E-state index contributed by atoms with van der Waals surface area (Å²) in [6.07, 6.45) is 8.77. The number of carbonyl (C=O) groups is 1. The van der Waals surface area contributed by atoms with E-state index in [0.717, 1.165) is 69.5 Å². The Labute approximate surface area is 185 Å². The standard InChI is InChI=1S/C23H36N6O2/c1-27-9-4-19(5-10-27)28-11-2-17(3-12-28)21(30)29-13-7-23(8-14-29)20-18(6-15-31-23)16-25-22(24)26-20/h16-17,19H,2-15H2,1H3,(H2,24,25,26). The summed E-state index contributed by atoms with van der Waals surface area (Å²) < 4.78 is 6.26. The molecular formula is C23H36N6O2. The Morgan fingerprint density at radius 3 is 2.52 bits per heavy atom. The van der Waals surface area contributed by atoms with Crippen molar-refractivity contribution in [2.24, 2.45) is 5.92 Å². The van der Waals surface area contributed by atoms with E-state index >= 15 is 0 Å². The van der Waals surface area contributed by atoms with Gasteiger partial charge in [-0.3, -0.25) is 4.79 Å². The molecule has 0 unspecified atom stereocenters. The number of nitrogens with zero attached hydrogens (tertiary/aromatic N) is 5. The molecule has 1 amide bonds. The average Bonchev–Trinajstić information content (AvgIpc) is 2.80. The molecule has 5 heterocycles. The van der Waals surface area contributed by atoms with Gasteiger partial charge in [0, 0.05) is 31.2 Å². The Morgan fingerprint density at radius 2 is 1.81 bits per heavy atom. The van der Waals surface area contributed by atoms with Gasteiger partial charge in [-0.2, -0.15) is 0 Å². The number of piperidine rings is 3. The molecule has 0 saturated carbocycles. The quantitative estimate of drug-likeness (QED) is 0.759. The van der Waals surface area contributed by atoms with Crippen molar-refractivity contribution in [1.82, 2.24) is 24.7 Å². The first-order valence-corrected chi connectivity index (χ1v) is 12.0. The molecule has 1 spiro atoms. The van der Waals surface area contributed by atoms with Crippen molar-refractivity contribution in [3.8, 4) is 0 Å². The van der Waals surface area contributed by atoms with Gasteiger partial charge in [0.15, 0.2) is 0 Å². The van der Waals surface area contributed by atoms with Crippen molar-refractivity contribution in [3.05, 3.63) is 17.5 Å². The molecule has 3 fully saturated rings. The lowest BCUT2D eigenvalue weighted by Gasteiger charge is -2.45. The van der Waals surface area contributed by atoms with Gasteiger partial charge in [-0.25, -0.2) is 9.97 Å². The van der Waals surface area contributed by atoms with Gasteiger partial charge in [0.05, 0.1) is 12.3 Å². The average molecular weight is 429 g/mol. The van der Waals surface area contributed by atoms with Crippen molar-refractivity contribution in [2.75, 3.05) is 58.7 Å². The monoisotopic (exact) mass is 428 g/mol. The number of amides is 1. The number of anilines is 1. The minimum absolute atomic E-state index is 0.175. The SMILES string of the molecule is CN1CCC(N2CCC(C(=O)N3CCC4(CC3)OCCc3cnc(N)nc34)CC2)CC1. The number of hydrogen-bond donors (Lipinski definition) is 1. The molecule has 1 aromatic heterocycles. The number of nitrogens with two attached hydrogens (primary N) is 1. The molecule has 0 aromatic carbocycles. The fourth-order valence-electron chi connectivity index (χ4n) is 6.02. The maximum absolute atomic E-state index is 13.3. The van der Waals surface area contributed by atoms with Crippen LogP contribution in [0.3, 0.4) is 0 Å². The van der Waals surface area contributed by atoms with Crippen LogP contribution in [-0.2, 0) is 21.6 Å². The number of fused-ring (bicyclic) bond motifs is 2. The van der Waals surface area contributed by atoms with Crippen LogP contribution in [0.2, 0.25) is 0 Å². The zero-order chi connectivity index (χ0) is 21.4. The Kier molecular flexibility index (Phi) is 5.88. The molecule has 2 N–H and O–H groups in total. The van der Waals surface area contributed by atoms with Crippen LogP contribution in [-0.4, -0.2) is 89.5 Å². The molecule has 3 saturated heterocycles. The molecular weight excluding hydrogens is 392 g/mol. The van der Waals surface area contributed by atoms with Crippen LogP contribution in [0.5, 0.6) is 0 Å². The smallest absolute Gasteiger partial charge is 0.225 e. The Bertz CT molecular complexity index is 793. The molecule has 4 aliphatic heterocycles. The second-order valence-electron chi connectivity index (χ2n) is 9.86. The summed E-state index contributed by atoms with van der Waals surface area (Å²) in [4.78, 5) is 29.1. The number of carbonyl (C=O) groups excluding carboxylic acids is 1. The maximum Gasteiger partial charge on any atom is 0.225 e. The Balaban J connectivity index is 1.16. The summed E-state index contributed by atoms with van der Waals surface area (Å²) in [7, 11) is 2.21. The van der Waals surface area contributed by atoms with E-state index in [0.29, 0.717) is 24.5 Å². The molecule has 0 atom stereocenters. The first kappa shape index (κ1) is 21.1. The summed E-state index contributed by atoms with van der Waals surface area (Å²) in [6.45, 7) is 6.67. The van der Waals surface area contributed by atoms with Gasteiger partial charge in [-0.1, -0.05) is 0 Å². The van der Waals surface area contributed by atoms with Crippen molar-refractivity contribution >= 4 is 11.9 Å². The fourth-order valence-corrected chi connectivity index (χ4v) is 6.02. The minimum atomic E-state index is -0.404. The molecule has 0 aliphatic carbocycles. The van der Waals surface area contributed by atoms with Gasteiger partial charge >= 0.3 is 0 Å². The summed E-state index contributed by atoms with van der Waals surface area (Å²) in [6, 6.07) is 0.708. The molecule has 0 bridgehead atoms. The van der Waals surface area contributed by atoms with Gasteiger partial charge in [-0.05, 0) is 83.7 Å². The zero-order valence-corrected chi connectivity index (χ0v) is 18.8. The van der Waals surface area contributed by atoms with E-state index in [9.17, 15) is 4.79 Å². The van der Waals surface area contributed by atoms with Crippen LogP contribution in [0.4, 0.5) is 5.95 Å². The second-order valence-corrected chi connectivity index (χ2v) is 9.86. The van der Waals surface area contributed by atoms with Crippen molar-refractivity contribution in [1.29, 1.82) is 0 Å². The Morgan fingerprint density at radius 1 is 1.10 bits per heavy atom. The third kappa shape index (κ3) is 4.17. The highest BCUT2D eigenvalue weighted by Gasteiger charge is 2.44. The lowest BCUT2D eigenvalue weighted by molar-refractivity contribution is -0.146. The Hall–Kier alpha value is -1.77. The van der Waals surface area contributed by atoms with Gasteiger partial charge in [-0.15, -0.1) is 0 Å². The highest BCUT2D eigenvalue weighted by atomic mass is 16.5. The number of nitrogen functional groups attached to an aromatic ring is 1. The molecule has 31 heavy (non-hydrogen) atoms. The number of hydrogen-bond acceptors (Lipinski definition) is 7. The van der Waals surface area contributed by atoms with Crippen LogP contribution < -0.4 is 5.73 Å². The first-order valence-electron chi connectivity index (χ1n) is 12.0. The van der Waals surface area contributed by atoms with Crippen LogP contribution in [0.15, 0.2) is 6.20 Å². The van der Waals surface area contributed by atoms with Crippen LogP contribution >= 0.6 is 0 Å². The van der Waals surface area contributed by atoms with E-state index in [1.807, 2.05) is 6.20 Å². The molecule has 5 rings (SSSR count). The van der Waals surface area contributed by atoms with Gasteiger partial charge in [0.1, 0.15) is 5.60 Å². The predicted molar refractivity (Wildman–Crippen MR) is 118 cm³/mol. The number of likely N-dealkylation sites (tertiary alicyclic amines) is 3. The normalized spacial score (nSPS) is 26.2. The van der Waals surface area contributed by atoms with Crippen molar-refractivity contribution in [2.45, 2.75) is 56.6 Å². The summed E-state index contributed by atoms with van der Waals surface area (Å²) in [5.41, 5.74) is 7.55. The lowest BCUT2D eigenvalue weighted by Crippen LogP contribution is -2.52. The summed E-state index contributed by atoms with van der Waals surface area (Å²) in [5.74, 6) is 0.823. The molecule has 8 heteroatoms. The predicted octanol–water partition coefficient (Wildman–Crippen LogP) is 1.26. The topological polar surface area (TPSA) is 87.8 Å². The van der Waals surface area contributed by atoms with E-state index in [1.54, 1.807) is 0 Å². The third-order valence-corrected chi connectivity index (χ3v) is 8.03. The maximum atomic E-state index is 13.3. The van der Waals surface area contributed by atoms with E-state index in [2.05, 4.69) is 31.7 Å². The number of aromatic nitrogens is 2. The molecule has 4 aliphatic rings. The highest BCUT2D eigenvalue weighted by molar-refractivity contribution is 5.79. The van der Waals surface area contributed by atoms with E-state index < -0.39 is 5.60 Å². The van der Waals surface area contributed by atoms with E-state index in [1.165, 1.54) is 25.9 Å². The van der Waals surface area contributed by atoms with Gasteiger partial charge < -0.3 is 25.2 Å². The van der Waals surface area contributed by atoms with Crippen LogP contribution in [0.1, 0.15) is 49.8 Å². The molecule has 170 valence electrons. The highest BCUT2D eigenvalue weighted by Crippen LogP contribution is 2.41. The van der Waals surface area contributed by atoms with Crippen molar-refractivity contribution in [3.63, 3.8) is 0 Å². The fraction of sp³-hybridized carbons (Fsp3) is 0.783.